The van der Waals surface area contributed by atoms with Crippen LogP contribution in [0.25, 0.3) is 0 Å². The van der Waals surface area contributed by atoms with Crippen molar-refractivity contribution in [3.05, 3.63) is 38.9 Å². The zero-order valence-corrected chi connectivity index (χ0v) is 13.1. The number of likely N-dealkylation sites (tertiary alicyclic amines) is 1. The average Bonchev–Trinajstić information content (AvgIpc) is 2.48. The molecule has 1 aliphatic heterocycles. The zero-order valence-electron chi connectivity index (χ0n) is 12.3. The third-order valence-corrected chi connectivity index (χ3v) is 4.32. The van der Waals surface area contributed by atoms with Crippen molar-refractivity contribution in [3.63, 3.8) is 0 Å². The summed E-state index contributed by atoms with van der Waals surface area (Å²) in [5.41, 5.74) is 0.885. The van der Waals surface area contributed by atoms with Crippen molar-refractivity contribution < 1.29 is 4.92 Å². The summed E-state index contributed by atoms with van der Waals surface area (Å²) in [5.74, 6) is 0. The van der Waals surface area contributed by atoms with E-state index >= 15 is 0 Å². The van der Waals surface area contributed by atoms with Gasteiger partial charge in [-0.25, -0.2) is 0 Å². The molecule has 2 rings (SSSR count). The molecule has 6 heteroatoms. The molecule has 0 unspecified atom stereocenters. The van der Waals surface area contributed by atoms with Crippen molar-refractivity contribution in [3.8, 4) is 0 Å². The molecule has 5 nitrogen and oxygen atoms in total. The number of nitrogens with one attached hydrogen (secondary N) is 1. The second-order valence-electron chi connectivity index (χ2n) is 5.53. The lowest BCUT2D eigenvalue weighted by Gasteiger charge is -2.32. The Kier molecular flexibility index (Phi) is 5.96. The molecule has 1 saturated heterocycles. The number of nitro benzene ring substituents is 1. The van der Waals surface area contributed by atoms with Gasteiger partial charge in [-0.3, -0.25) is 10.1 Å². The van der Waals surface area contributed by atoms with Crippen LogP contribution in [0.5, 0.6) is 0 Å². The summed E-state index contributed by atoms with van der Waals surface area (Å²) in [7, 11) is 0. The molecule has 1 aliphatic rings. The number of non-ortho nitro benzene ring substituents is 1. The Morgan fingerprint density at radius 1 is 1.43 bits per heavy atom. The molecule has 0 aromatic heterocycles. The Morgan fingerprint density at radius 3 is 2.76 bits per heavy atom. The Hall–Kier alpha value is -1.17. The molecular formula is C15H22ClN3O2. The Balaban J connectivity index is 1.86. The minimum absolute atomic E-state index is 0.0916. The number of nitro groups is 1. The van der Waals surface area contributed by atoms with Crippen molar-refractivity contribution >= 4 is 17.3 Å². The average molecular weight is 312 g/mol. The van der Waals surface area contributed by atoms with Gasteiger partial charge in [0.1, 0.15) is 0 Å². The van der Waals surface area contributed by atoms with E-state index in [1.807, 2.05) is 0 Å². The number of rotatable bonds is 6. The first-order valence-electron chi connectivity index (χ1n) is 7.48. The highest BCUT2D eigenvalue weighted by atomic mass is 35.5. The number of benzene rings is 1. The highest BCUT2D eigenvalue weighted by molar-refractivity contribution is 6.31. The summed E-state index contributed by atoms with van der Waals surface area (Å²) >= 11 is 6.11. The van der Waals surface area contributed by atoms with Gasteiger partial charge >= 0.3 is 0 Å². The number of hydrogen-bond donors (Lipinski definition) is 1. The van der Waals surface area contributed by atoms with Crippen LogP contribution in [-0.4, -0.2) is 35.5 Å². The van der Waals surface area contributed by atoms with E-state index in [9.17, 15) is 10.1 Å². The smallest absolute Gasteiger partial charge is 0.269 e. The van der Waals surface area contributed by atoms with Crippen molar-refractivity contribution in [2.24, 2.45) is 0 Å². The number of halogens is 1. The lowest BCUT2D eigenvalue weighted by Crippen LogP contribution is -2.42. The lowest BCUT2D eigenvalue weighted by atomic mass is 10.0. The van der Waals surface area contributed by atoms with Gasteiger partial charge in [-0.15, -0.1) is 0 Å². The fourth-order valence-corrected chi connectivity index (χ4v) is 2.93. The third kappa shape index (κ3) is 4.66. The molecule has 0 aliphatic carbocycles. The van der Waals surface area contributed by atoms with E-state index in [1.54, 1.807) is 12.1 Å². The van der Waals surface area contributed by atoms with Crippen molar-refractivity contribution in [1.82, 2.24) is 10.2 Å². The maximum atomic E-state index is 10.8. The topological polar surface area (TPSA) is 58.4 Å². The molecule has 1 heterocycles. The second-order valence-corrected chi connectivity index (χ2v) is 5.94. The van der Waals surface area contributed by atoms with E-state index in [1.165, 1.54) is 19.0 Å². The molecule has 0 atom stereocenters. The van der Waals surface area contributed by atoms with Crippen LogP contribution in [0, 0.1) is 10.1 Å². The predicted molar refractivity (Wildman–Crippen MR) is 84.7 cm³/mol. The van der Waals surface area contributed by atoms with Crippen LogP contribution in [0.4, 0.5) is 5.69 Å². The molecule has 1 N–H and O–H groups in total. The van der Waals surface area contributed by atoms with Gasteiger partial charge in [0.05, 0.1) is 4.92 Å². The maximum Gasteiger partial charge on any atom is 0.269 e. The minimum atomic E-state index is -0.386. The van der Waals surface area contributed by atoms with E-state index in [-0.39, 0.29) is 10.6 Å². The summed E-state index contributed by atoms with van der Waals surface area (Å²) < 4.78 is 0. The minimum Gasteiger partial charge on any atom is -0.310 e. The monoisotopic (exact) mass is 311 g/mol. The van der Waals surface area contributed by atoms with Crippen molar-refractivity contribution in [2.45, 2.75) is 38.8 Å². The molecule has 1 aromatic rings. The Labute approximate surface area is 130 Å². The highest BCUT2D eigenvalue weighted by Crippen LogP contribution is 2.22. The zero-order chi connectivity index (χ0) is 15.2. The Bertz CT molecular complexity index is 488. The van der Waals surface area contributed by atoms with Crippen LogP contribution in [0.15, 0.2) is 18.2 Å². The molecule has 116 valence electrons. The van der Waals surface area contributed by atoms with Crippen molar-refractivity contribution in [2.75, 3.05) is 19.6 Å². The van der Waals surface area contributed by atoms with Gasteiger partial charge in [-0.05, 0) is 50.5 Å². The number of nitrogens with zero attached hydrogens (tertiary/aromatic N) is 2. The normalized spacial score (nSPS) is 17.0. The van der Waals surface area contributed by atoms with Crippen molar-refractivity contribution in [1.29, 1.82) is 0 Å². The molecular weight excluding hydrogens is 290 g/mol. The highest BCUT2D eigenvalue weighted by Gasteiger charge is 2.18. The molecule has 0 amide bonds. The van der Waals surface area contributed by atoms with E-state index in [4.69, 9.17) is 11.6 Å². The van der Waals surface area contributed by atoms with E-state index in [0.29, 0.717) is 17.6 Å². The molecule has 0 spiro atoms. The standard InChI is InChI=1S/C15H22ClN3O2/c1-2-7-18-8-5-13(6-9-18)17-11-12-10-14(19(20)21)3-4-15(12)16/h3-4,10,13,17H,2,5-9,11H2,1H3. The Morgan fingerprint density at radius 2 is 2.14 bits per heavy atom. The molecule has 1 fully saturated rings. The molecule has 0 saturated carbocycles. The van der Waals surface area contributed by atoms with E-state index in [0.717, 1.165) is 31.5 Å². The predicted octanol–water partition coefficient (Wildman–Crippen LogP) is 3.21. The summed E-state index contributed by atoms with van der Waals surface area (Å²) in [6.45, 7) is 6.19. The first-order valence-corrected chi connectivity index (χ1v) is 7.86. The number of hydrogen-bond acceptors (Lipinski definition) is 4. The first kappa shape index (κ1) is 16.2. The van der Waals surface area contributed by atoms with Gasteiger partial charge in [-0.2, -0.15) is 0 Å². The van der Waals surface area contributed by atoms with E-state index < -0.39 is 0 Å². The summed E-state index contributed by atoms with van der Waals surface area (Å²) in [6, 6.07) is 5.06. The molecule has 21 heavy (non-hydrogen) atoms. The summed E-state index contributed by atoms with van der Waals surface area (Å²) in [6.07, 6.45) is 3.43. The fourth-order valence-electron chi connectivity index (χ4n) is 2.74. The van der Waals surface area contributed by atoms with Crippen LogP contribution < -0.4 is 5.32 Å². The van der Waals surface area contributed by atoms with Gasteiger partial charge < -0.3 is 10.2 Å². The maximum absolute atomic E-state index is 10.8. The molecule has 0 radical (unpaired) electrons. The van der Waals surface area contributed by atoms with E-state index in [2.05, 4.69) is 17.1 Å². The van der Waals surface area contributed by atoms with Gasteiger partial charge in [0.15, 0.2) is 0 Å². The van der Waals surface area contributed by atoms with Crippen LogP contribution in [-0.2, 0) is 6.54 Å². The van der Waals surface area contributed by atoms with Crippen LogP contribution in [0.1, 0.15) is 31.7 Å². The quantitative estimate of drug-likeness (QED) is 0.647. The van der Waals surface area contributed by atoms with Crippen LogP contribution in [0.3, 0.4) is 0 Å². The lowest BCUT2D eigenvalue weighted by molar-refractivity contribution is -0.384. The van der Waals surface area contributed by atoms with Crippen LogP contribution >= 0.6 is 11.6 Å². The summed E-state index contributed by atoms with van der Waals surface area (Å²) in [4.78, 5) is 12.9. The molecule has 0 bridgehead atoms. The number of piperidine rings is 1. The first-order chi connectivity index (χ1) is 10.1. The van der Waals surface area contributed by atoms with Crippen LogP contribution in [0.2, 0.25) is 5.02 Å². The second kappa shape index (κ2) is 7.73. The summed E-state index contributed by atoms with van der Waals surface area (Å²) in [5, 5.41) is 14.9. The largest absolute Gasteiger partial charge is 0.310 e. The van der Waals surface area contributed by atoms with Gasteiger partial charge in [-0.1, -0.05) is 18.5 Å². The van der Waals surface area contributed by atoms with Gasteiger partial charge in [0.25, 0.3) is 5.69 Å². The fraction of sp³-hybridized carbons (Fsp3) is 0.600. The third-order valence-electron chi connectivity index (χ3n) is 3.95. The van der Waals surface area contributed by atoms with Gasteiger partial charge in [0.2, 0.25) is 0 Å². The molecule has 1 aromatic carbocycles. The van der Waals surface area contributed by atoms with Gasteiger partial charge in [0, 0.05) is 29.7 Å². The SMILES string of the molecule is CCCN1CCC(NCc2cc([N+](=O)[O-])ccc2Cl)CC1.